The van der Waals surface area contributed by atoms with E-state index < -0.39 is 0 Å². The maximum Gasteiger partial charge on any atom is 0.231 e. The number of aromatic nitrogens is 3. The molecule has 0 bridgehead atoms. The van der Waals surface area contributed by atoms with Crippen molar-refractivity contribution in [2.75, 3.05) is 4.90 Å². The van der Waals surface area contributed by atoms with Gasteiger partial charge in [-0.05, 0) is 36.2 Å². The number of nitrogens with one attached hydrogen (secondary N) is 1. The summed E-state index contributed by atoms with van der Waals surface area (Å²) >= 11 is 12.1. The Labute approximate surface area is 155 Å². The van der Waals surface area contributed by atoms with Crippen molar-refractivity contribution < 1.29 is 4.79 Å². The standard InChI is InChI=1S/C18H16Cl2N4O/c1-12-6-15(10-21-9-12)24(11-17-22-4-5-23-17)18(25)7-13-2-3-14(19)8-16(13)20/h2-6,8-10H,7,11H2,1H3,(H,22,23). The maximum atomic E-state index is 13.0. The van der Waals surface area contributed by atoms with E-state index in [1.54, 1.807) is 47.9 Å². The van der Waals surface area contributed by atoms with Crippen LogP contribution in [0.5, 0.6) is 0 Å². The van der Waals surface area contributed by atoms with Crippen LogP contribution in [0, 0.1) is 6.92 Å². The Morgan fingerprint density at radius 2 is 2.08 bits per heavy atom. The van der Waals surface area contributed by atoms with Crippen LogP contribution in [0.4, 0.5) is 5.69 Å². The van der Waals surface area contributed by atoms with Gasteiger partial charge in [0.15, 0.2) is 0 Å². The van der Waals surface area contributed by atoms with Gasteiger partial charge in [-0.2, -0.15) is 0 Å². The molecule has 1 N–H and O–H groups in total. The number of benzene rings is 1. The lowest BCUT2D eigenvalue weighted by molar-refractivity contribution is -0.118. The quantitative estimate of drug-likeness (QED) is 0.727. The van der Waals surface area contributed by atoms with E-state index >= 15 is 0 Å². The molecule has 7 heteroatoms. The normalized spacial score (nSPS) is 10.7. The third-order valence-electron chi connectivity index (χ3n) is 3.69. The second-order valence-corrected chi connectivity index (χ2v) is 6.49. The predicted molar refractivity (Wildman–Crippen MR) is 98.9 cm³/mol. The van der Waals surface area contributed by atoms with Crippen molar-refractivity contribution in [2.45, 2.75) is 19.9 Å². The Kier molecular flexibility index (Phi) is 5.36. The van der Waals surface area contributed by atoms with E-state index in [1.807, 2.05) is 13.0 Å². The van der Waals surface area contributed by atoms with Crippen LogP contribution in [0.1, 0.15) is 17.0 Å². The Morgan fingerprint density at radius 3 is 2.76 bits per heavy atom. The van der Waals surface area contributed by atoms with E-state index in [2.05, 4.69) is 15.0 Å². The Hall–Kier alpha value is -2.37. The number of rotatable bonds is 5. The van der Waals surface area contributed by atoms with E-state index in [9.17, 15) is 4.79 Å². The molecule has 0 saturated heterocycles. The molecule has 0 atom stereocenters. The van der Waals surface area contributed by atoms with Crippen LogP contribution in [0.15, 0.2) is 49.1 Å². The Bertz CT molecular complexity index is 881. The van der Waals surface area contributed by atoms with Gasteiger partial charge in [-0.25, -0.2) is 4.98 Å². The van der Waals surface area contributed by atoms with E-state index in [-0.39, 0.29) is 12.3 Å². The van der Waals surface area contributed by atoms with Crippen molar-refractivity contribution in [3.8, 4) is 0 Å². The minimum absolute atomic E-state index is 0.104. The van der Waals surface area contributed by atoms with E-state index in [1.165, 1.54) is 0 Å². The van der Waals surface area contributed by atoms with Crippen molar-refractivity contribution in [1.82, 2.24) is 15.0 Å². The summed E-state index contributed by atoms with van der Waals surface area (Å²) in [5.74, 6) is 0.588. The summed E-state index contributed by atoms with van der Waals surface area (Å²) in [6, 6.07) is 7.04. The highest BCUT2D eigenvalue weighted by atomic mass is 35.5. The van der Waals surface area contributed by atoms with Crippen molar-refractivity contribution in [2.24, 2.45) is 0 Å². The molecule has 0 aliphatic heterocycles. The molecule has 0 aliphatic carbocycles. The highest BCUT2D eigenvalue weighted by molar-refractivity contribution is 6.35. The first-order valence-electron chi connectivity index (χ1n) is 7.67. The minimum atomic E-state index is -0.104. The van der Waals surface area contributed by atoms with E-state index in [4.69, 9.17) is 23.2 Å². The van der Waals surface area contributed by atoms with Crippen molar-refractivity contribution >= 4 is 34.8 Å². The molecule has 2 heterocycles. The maximum absolute atomic E-state index is 13.0. The summed E-state index contributed by atoms with van der Waals surface area (Å²) in [5.41, 5.74) is 2.41. The molecule has 0 fully saturated rings. The smallest absolute Gasteiger partial charge is 0.231 e. The topological polar surface area (TPSA) is 61.9 Å². The van der Waals surface area contributed by atoms with Gasteiger partial charge in [-0.1, -0.05) is 29.3 Å². The Morgan fingerprint density at radius 1 is 1.24 bits per heavy atom. The number of pyridine rings is 1. The zero-order chi connectivity index (χ0) is 17.8. The van der Waals surface area contributed by atoms with Gasteiger partial charge in [0, 0.05) is 28.6 Å². The molecule has 1 amide bonds. The summed E-state index contributed by atoms with van der Waals surface area (Å²) in [4.78, 5) is 26.0. The third-order valence-corrected chi connectivity index (χ3v) is 4.28. The predicted octanol–water partition coefficient (Wildman–Crippen LogP) is 4.20. The van der Waals surface area contributed by atoms with Crippen LogP contribution >= 0.6 is 23.2 Å². The number of H-pyrrole nitrogens is 1. The first-order valence-corrected chi connectivity index (χ1v) is 8.43. The van der Waals surface area contributed by atoms with Gasteiger partial charge in [0.25, 0.3) is 0 Å². The number of amides is 1. The average Bonchev–Trinajstić information content (AvgIpc) is 3.08. The summed E-state index contributed by atoms with van der Waals surface area (Å²) in [5, 5.41) is 1.01. The highest BCUT2D eigenvalue weighted by Gasteiger charge is 2.19. The zero-order valence-corrected chi connectivity index (χ0v) is 15.1. The van der Waals surface area contributed by atoms with Gasteiger partial charge in [0.05, 0.1) is 24.8 Å². The fourth-order valence-electron chi connectivity index (χ4n) is 2.47. The minimum Gasteiger partial charge on any atom is -0.347 e. The SMILES string of the molecule is Cc1cncc(N(Cc2ncc[nH]2)C(=O)Cc2ccc(Cl)cc2Cl)c1. The highest BCUT2D eigenvalue weighted by Crippen LogP contribution is 2.24. The lowest BCUT2D eigenvalue weighted by Gasteiger charge is -2.22. The fraction of sp³-hybridized carbons (Fsp3) is 0.167. The molecule has 3 rings (SSSR count). The zero-order valence-electron chi connectivity index (χ0n) is 13.5. The third kappa shape index (κ3) is 4.38. The lowest BCUT2D eigenvalue weighted by atomic mass is 10.1. The molecule has 0 unspecified atom stereocenters. The number of halogens is 2. The van der Waals surface area contributed by atoms with Gasteiger partial charge in [0.2, 0.25) is 5.91 Å². The van der Waals surface area contributed by atoms with Gasteiger partial charge in [0.1, 0.15) is 5.82 Å². The lowest BCUT2D eigenvalue weighted by Crippen LogP contribution is -2.32. The van der Waals surface area contributed by atoms with E-state index in [0.717, 1.165) is 11.1 Å². The number of hydrogen-bond donors (Lipinski definition) is 1. The summed E-state index contributed by atoms with van der Waals surface area (Å²) in [7, 11) is 0. The first kappa shape index (κ1) is 17.5. The number of nitrogens with zero attached hydrogens (tertiary/aromatic N) is 3. The largest absolute Gasteiger partial charge is 0.347 e. The number of aryl methyl sites for hydroxylation is 1. The van der Waals surface area contributed by atoms with Crippen LogP contribution in [0.2, 0.25) is 10.0 Å². The monoisotopic (exact) mass is 374 g/mol. The van der Waals surface area contributed by atoms with Crippen molar-refractivity contribution in [3.05, 3.63) is 76.0 Å². The van der Waals surface area contributed by atoms with Gasteiger partial charge in [-0.3, -0.25) is 9.78 Å². The average molecular weight is 375 g/mol. The summed E-state index contributed by atoms with van der Waals surface area (Å²) < 4.78 is 0. The first-order chi connectivity index (χ1) is 12.0. The molecule has 1 aromatic carbocycles. The molecule has 0 spiro atoms. The molecule has 0 radical (unpaired) electrons. The second-order valence-electron chi connectivity index (χ2n) is 5.65. The second kappa shape index (κ2) is 7.68. The number of carbonyl (C=O) groups is 1. The van der Waals surface area contributed by atoms with Crippen LogP contribution in [-0.2, 0) is 17.8 Å². The van der Waals surface area contributed by atoms with E-state index in [0.29, 0.717) is 28.1 Å². The van der Waals surface area contributed by atoms with Gasteiger partial charge < -0.3 is 9.88 Å². The van der Waals surface area contributed by atoms with Crippen molar-refractivity contribution in [3.63, 3.8) is 0 Å². The number of carbonyl (C=O) groups excluding carboxylic acids is 1. The van der Waals surface area contributed by atoms with Gasteiger partial charge >= 0.3 is 0 Å². The molecule has 2 aromatic heterocycles. The molecule has 25 heavy (non-hydrogen) atoms. The summed E-state index contributed by atoms with van der Waals surface area (Å²) in [6.45, 7) is 2.25. The molecular formula is C18H16Cl2N4O. The molecular weight excluding hydrogens is 359 g/mol. The number of imidazole rings is 1. The Balaban J connectivity index is 1.88. The molecule has 0 saturated carbocycles. The molecule has 5 nitrogen and oxygen atoms in total. The number of hydrogen-bond acceptors (Lipinski definition) is 3. The number of anilines is 1. The molecule has 3 aromatic rings. The fourth-order valence-corrected chi connectivity index (χ4v) is 2.94. The van der Waals surface area contributed by atoms with Crippen LogP contribution < -0.4 is 4.90 Å². The number of aromatic amines is 1. The van der Waals surface area contributed by atoms with Crippen LogP contribution in [0.3, 0.4) is 0 Å². The molecule has 128 valence electrons. The van der Waals surface area contributed by atoms with Crippen molar-refractivity contribution in [1.29, 1.82) is 0 Å². The summed E-state index contributed by atoms with van der Waals surface area (Å²) in [6.07, 6.45) is 6.95. The van der Waals surface area contributed by atoms with Gasteiger partial charge in [-0.15, -0.1) is 0 Å². The van der Waals surface area contributed by atoms with Crippen LogP contribution in [0.25, 0.3) is 0 Å². The molecule has 0 aliphatic rings. The van der Waals surface area contributed by atoms with Crippen LogP contribution in [-0.4, -0.2) is 20.9 Å².